The van der Waals surface area contributed by atoms with Crippen molar-refractivity contribution in [1.29, 1.82) is 0 Å². The molecule has 0 radical (unpaired) electrons. The van der Waals surface area contributed by atoms with E-state index in [4.69, 9.17) is 31.9 Å². The number of piperidine rings is 1. The number of benzene rings is 2. The summed E-state index contributed by atoms with van der Waals surface area (Å²) in [6.07, 6.45) is 6.81. The monoisotopic (exact) mass is 541 g/mol. The Morgan fingerprint density at radius 1 is 1.08 bits per heavy atom. The van der Waals surface area contributed by atoms with Gasteiger partial charge in [-0.15, -0.1) is 11.3 Å². The van der Waals surface area contributed by atoms with Crippen molar-refractivity contribution in [2.75, 3.05) is 19.9 Å². The van der Waals surface area contributed by atoms with Crippen LogP contribution in [0.1, 0.15) is 64.0 Å². The normalized spacial score (nSPS) is 18.4. The molecule has 1 atom stereocenters. The van der Waals surface area contributed by atoms with Gasteiger partial charge in [-0.3, -0.25) is 14.5 Å². The Balaban J connectivity index is 0.000000162. The van der Waals surface area contributed by atoms with E-state index in [1.807, 2.05) is 30.3 Å². The molecule has 6 rings (SSSR count). The topological polar surface area (TPSA) is 115 Å². The zero-order valence-electron chi connectivity index (χ0n) is 20.2. The van der Waals surface area contributed by atoms with Crippen LogP contribution < -0.4 is 15.2 Å². The first-order valence-corrected chi connectivity index (χ1v) is 13.5. The fourth-order valence-corrected chi connectivity index (χ4v) is 6.04. The lowest BCUT2D eigenvalue weighted by Gasteiger charge is -2.34. The highest BCUT2D eigenvalue weighted by atomic mass is 35.5. The average molecular weight is 542 g/mol. The number of carbonyl (C=O) groups is 2. The standard InChI is InChI=1S/C16H18ClN3OS.C11H10O4/c17-12-7-3-2-6-11(12)14(20-8-4-1-5-9-20)13-10-19-16(22-13)15(18)21;12-10(13)11(3-4-11)7-1-2-8-9(5-7)15-6-14-8/h2-3,6-7,10,14H,1,4-5,8-9H2,(H2,18,21);1-2,5H,3-4,6H2,(H,12,13). The average Bonchev–Trinajstić information content (AvgIpc) is 3.34. The van der Waals surface area contributed by atoms with E-state index in [9.17, 15) is 9.59 Å². The fraction of sp³-hybridized carbons (Fsp3) is 0.370. The number of nitrogens with zero attached hydrogens (tertiary/aromatic N) is 2. The van der Waals surface area contributed by atoms with Crippen LogP contribution in [0.25, 0.3) is 0 Å². The molecule has 1 aromatic heterocycles. The Bertz CT molecular complexity index is 1300. The minimum Gasteiger partial charge on any atom is -0.481 e. The van der Waals surface area contributed by atoms with Gasteiger partial charge in [0, 0.05) is 16.1 Å². The molecule has 3 aromatic rings. The van der Waals surface area contributed by atoms with Crippen LogP contribution in [0, 0.1) is 0 Å². The number of hydrogen-bond acceptors (Lipinski definition) is 7. The maximum Gasteiger partial charge on any atom is 0.314 e. The zero-order chi connectivity index (χ0) is 26.0. The predicted molar refractivity (Wildman–Crippen MR) is 140 cm³/mol. The summed E-state index contributed by atoms with van der Waals surface area (Å²) in [5, 5.41) is 10.2. The molecular formula is C27H28ClN3O5S. The van der Waals surface area contributed by atoms with Crippen LogP contribution in [0.3, 0.4) is 0 Å². The highest BCUT2D eigenvalue weighted by Gasteiger charge is 2.52. The SMILES string of the molecule is NC(=O)c1ncc(C(c2ccccc2Cl)N2CCCCC2)s1.O=C(O)C1(c2ccc3c(c2)OCO3)CC1. The Hall–Kier alpha value is -3.14. The number of aliphatic carboxylic acids is 1. The fourth-order valence-electron chi connectivity index (χ4n) is 4.88. The third-order valence-corrected chi connectivity index (χ3v) is 8.45. The lowest BCUT2D eigenvalue weighted by molar-refractivity contribution is -0.140. The molecule has 8 nitrogen and oxygen atoms in total. The molecule has 1 unspecified atom stereocenters. The van der Waals surface area contributed by atoms with Gasteiger partial charge in [-0.1, -0.05) is 42.3 Å². The summed E-state index contributed by atoms with van der Waals surface area (Å²) in [4.78, 5) is 30.1. The van der Waals surface area contributed by atoms with Crippen molar-refractivity contribution in [2.45, 2.75) is 43.6 Å². The molecule has 1 aliphatic carbocycles. The van der Waals surface area contributed by atoms with Crippen LogP contribution >= 0.6 is 22.9 Å². The minimum absolute atomic E-state index is 0.0413. The van der Waals surface area contributed by atoms with Crippen molar-refractivity contribution in [2.24, 2.45) is 5.73 Å². The van der Waals surface area contributed by atoms with E-state index < -0.39 is 17.3 Å². The number of thiazole rings is 1. The first-order chi connectivity index (χ1) is 17.9. The third kappa shape index (κ3) is 5.30. The Labute approximate surface area is 224 Å². The molecule has 2 aromatic carbocycles. The summed E-state index contributed by atoms with van der Waals surface area (Å²) in [5.74, 6) is 0.120. The number of likely N-dealkylation sites (tertiary alicyclic amines) is 1. The van der Waals surface area contributed by atoms with Gasteiger partial charge < -0.3 is 20.3 Å². The first kappa shape index (κ1) is 25.5. The summed E-state index contributed by atoms with van der Waals surface area (Å²) >= 11 is 7.78. The number of fused-ring (bicyclic) bond motifs is 1. The van der Waals surface area contributed by atoms with Gasteiger partial charge in [0.2, 0.25) is 6.79 Å². The molecule has 1 amide bonds. The number of rotatable bonds is 6. The van der Waals surface area contributed by atoms with E-state index in [2.05, 4.69) is 9.88 Å². The number of primary amides is 1. The summed E-state index contributed by atoms with van der Waals surface area (Å²) in [6, 6.07) is 13.3. The van der Waals surface area contributed by atoms with Crippen molar-refractivity contribution in [3.05, 3.63) is 74.7 Å². The molecule has 0 bridgehead atoms. The second kappa shape index (κ2) is 10.7. The van der Waals surface area contributed by atoms with Crippen molar-refractivity contribution in [3.63, 3.8) is 0 Å². The first-order valence-electron chi connectivity index (χ1n) is 12.3. The van der Waals surface area contributed by atoms with Gasteiger partial charge in [0.25, 0.3) is 5.91 Å². The van der Waals surface area contributed by atoms with Gasteiger partial charge in [-0.05, 0) is 68.1 Å². The van der Waals surface area contributed by atoms with Crippen LogP contribution in [0.2, 0.25) is 5.02 Å². The molecule has 3 N–H and O–H groups in total. The smallest absolute Gasteiger partial charge is 0.314 e. The van der Waals surface area contributed by atoms with Gasteiger partial charge in [-0.25, -0.2) is 4.98 Å². The van der Waals surface area contributed by atoms with Gasteiger partial charge >= 0.3 is 5.97 Å². The maximum absolute atomic E-state index is 11.3. The number of amides is 1. The molecule has 3 aliphatic rings. The summed E-state index contributed by atoms with van der Waals surface area (Å²) in [5.41, 5.74) is 6.56. The molecule has 194 valence electrons. The van der Waals surface area contributed by atoms with Crippen LogP contribution in [-0.4, -0.2) is 46.7 Å². The zero-order valence-corrected chi connectivity index (χ0v) is 21.8. The third-order valence-electron chi connectivity index (χ3n) is 7.04. The molecule has 10 heteroatoms. The molecule has 1 saturated carbocycles. The van der Waals surface area contributed by atoms with Crippen molar-refractivity contribution < 1.29 is 24.2 Å². The number of carboxylic acids is 1. The summed E-state index contributed by atoms with van der Waals surface area (Å²) in [6.45, 7) is 2.28. The molecule has 2 fully saturated rings. The summed E-state index contributed by atoms with van der Waals surface area (Å²) in [7, 11) is 0. The second-order valence-corrected chi connectivity index (χ2v) is 10.9. The quantitative estimate of drug-likeness (QED) is 0.451. The van der Waals surface area contributed by atoms with E-state index in [1.54, 1.807) is 18.3 Å². The number of carboxylic acid groups (broad SMARTS) is 1. The van der Waals surface area contributed by atoms with Crippen LogP contribution in [0.4, 0.5) is 0 Å². The van der Waals surface area contributed by atoms with E-state index in [0.29, 0.717) is 29.3 Å². The van der Waals surface area contributed by atoms with E-state index >= 15 is 0 Å². The molecular weight excluding hydrogens is 514 g/mol. The van der Waals surface area contributed by atoms with Gasteiger partial charge in [0.05, 0.1) is 11.5 Å². The number of carbonyl (C=O) groups excluding carboxylic acids is 1. The number of halogens is 1. The molecule has 3 heterocycles. The Kier molecular flexibility index (Phi) is 7.37. The van der Waals surface area contributed by atoms with Crippen LogP contribution in [-0.2, 0) is 10.2 Å². The van der Waals surface area contributed by atoms with Crippen molar-refractivity contribution in [1.82, 2.24) is 9.88 Å². The lowest BCUT2D eigenvalue weighted by Crippen LogP contribution is -2.34. The van der Waals surface area contributed by atoms with Gasteiger partial charge in [0.15, 0.2) is 16.5 Å². The van der Waals surface area contributed by atoms with Crippen molar-refractivity contribution >= 4 is 34.8 Å². The maximum atomic E-state index is 11.3. The number of aromatic nitrogens is 1. The molecule has 1 saturated heterocycles. The van der Waals surface area contributed by atoms with Crippen molar-refractivity contribution in [3.8, 4) is 11.5 Å². The van der Waals surface area contributed by atoms with Crippen LogP contribution in [0.15, 0.2) is 48.7 Å². The Morgan fingerprint density at radius 3 is 2.46 bits per heavy atom. The molecule has 0 spiro atoms. The summed E-state index contributed by atoms with van der Waals surface area (Å²) < 4.78 is 10.4. The second-order valence-electron chi connectivity index (χ2n) is 9.41. The number of hydrogen-bond donors (Lipinski definition) is 2. The molecule has 2 aliphatic heterocycles. The highest BCUT2D eigenvalue weighted by molar-refractivity contribution is 7.13. The highest BCUT2D eigenvalue weighted by Crippen LogP contribution is 2.50. The van der Waals surface area contributed by atoms with E-state index in [1.165, 1.54) is 30.6 Å². The van der Waals surface area contributed by atoms with E-state index in [-0.39, 0.29) is 12.8 Å². The minimum atomic E-state index is -0.749. The number of ether oxygens (including phenoxy) is 2. The Morgan fingerprint density at radius 2 is 1.81 bits per heavy atom. The van der Waals surface area contributed by atoms with Gasteiger partial charge in [0.1, 0.15) is 0 Å². The van der Waals surface area contributed by atoms with Crippen LogP contribution in [0.5, 0.6) is 11.5 Å². The lowest BCUT2D eigenvalue weighted by atomic mass is 9.96. The number of nitrogens with two attached hydrogens (primary N) is 1. The predicted octanol–water partition coefficient (Wildman–Crippen LogP) is 5.00. The van der Waals surface area contributed by atoms with E-state index in [0.717, 1.165) is 34.1 Å². The molecule has 37 heavy (non-hydrogen) atoms. The largest absolute Gasteiger partial charge is 0.481 e. The van der Waals surface area contributed by atoms with Gasteiger partial charge in [-0.2, -0.15) is 0 Å².